The van der Waals surface area contributed by atoms with Crippen LogP contribution in [0.1, 0.15) is 47.1 Å². The standard InChI is InChI=1S/C29H33N3O5S/c1-29(2,3)26-13-10-22(21-6-5-7-24(33)18-21)19-25(26)28(35)32-16-14-31(15-17-32)23-11-8-20(9-12-23)27(34)30-38(4,36)37/h5-13,18-19,33H,14-17H2,1-4H3,(H,30,34). The molecule has 1 saturated heterocycles. The molecule has 9 heteroatoms. The van der Waals surface area contributed by atoms with Gasteiger partial charge >= 0.3 is 0 Å². The summed E-state index contributed by atoms with van der Waals surface area (Å²) in [7, 11) is -3.63. The Bertz CT molecular complexity index is 1450. The Balaban J connectivity index is 1.50. The third-order valence-electron chi connectivity index (χ3n) is 6.58. The molecule has 0 unspecified atom stereocenters. The highest BCUT2D eigenvalue weighted by molar-refractivity contribution is 7.89. The molecule has 38 heavy (non-hydrogen) atoms. The summed E-state index contributed by atoms with van der Waals surface area (Å²) in [5.74, 6) is -0.517. The molecular weight excluding hydrogens is 502 g/mol. The van der Waals surface area contributed by atoms with Crippen molar-refractivity contribution in [2.24, 2.45) is 0 Å². The average Bonchev–Trinajstić information content (AvgIpc) is 2.86. The van der Waals surface area contributed by atoms with Crippen molar-refractivity contribution in [3.8, 4) is 16.9 Å². The van der Waals surface area contributed by atoms with Gasteiger partial charge in [-0.1, -0.05) is 45.0 Å². The Labute approximate surface area is 224 Å². The molecule has 1 heterocycles. The number of phenolic OH excluding ortho intramolecular Hbond substituents is 1. The molecular formula is C29H33N3O5S. The zero-order chi connectivity index (χ0) is 27.7. The van der Waals surface area contributed by atoms with Crippen molar-refractivity contribution in [2.75, 3.05) is 37.3 Å². The Hall–Kier alpha value is -3.85. The largest absolute Gasteiger partial charge is 0.508 e. The normalized spacial score (nSPS) is 14.3. The molecule has 1 aliphatic heterocycles. The van der Waals surface area contributed by atoms with E-state index in [-0.39, 0.29) is 22.6 Å². The van der Waals surface area contributed by atoms with Crippen LogP contribution in [0.15, 0.2) is 66.7 Å². The summed E-state index contributed by atoms with van der Waals surface area (Å²) in [6.45, 7) is 8.58. The number of nitrogens with zero attached hydrogens (tertiary/aromatic N) is 2. The van der Waals surface area contributed by atoms with Crippen LogP contribution in [0.3, 0.4) is 0 Å². The maximum absolute atomic E-state index is 13.8. The Morgan fingerprint density at radius 2 is 1.50 bits per heavy atom. The number of anilines is 1. The zero-order valence-electron chi connectivity index (χ0n) is 22.1. The third-order valence-corrected chi connectivity index (χ3v) is 7.13. The summed E-state index contributed by atoms with van der Waals surface area (Å²) in [6, 6.07) is 19.7. The summed E-state index contributed by atoms with van der Waals surface area (Å²) in [6.07, 6.45) is 0.938. The lowest BCUT2D eigenvalue weighted by Gasteiger charge is -2.37. The molecule has 4 rings (SSSR count). The van der Waals surface area contributed by atoms with E-state index in [2.05, 4.69) is 25.7 Å². The van der Waals surface area contributed by atoms with Crippen molar-refractivity contribution in [2.45, 2.75) is 26.2 Å². The van der Waals surface area contributed by atoms with Crippen LogP contribution in [0, 0.1) is 0 Å². The van der Waals surface area contributed by atoms with Crippen LogP contribution in [0.2, 0.25) is 0 Å². The summed E-state index contributed by atoms with van der Waals surface area (Å²) < 4.78 is 24.6. The van der Waals surface area contributed by atoms with E-state index in [1.54, 1.807) is 42.5 Å². The van der Waals surface area contributed by atoms with Gasteiger partial charge in [0.05, 0.1) is 6.26 Å². The zero-order valence-corrected chi connectivity index (χ0v) is 22.9. The summed E-state index contributed by atoms with van der Waals surface area (Å²) >= 11 is 0. The number of sulfonamides is 1. The van der Waals surface area contributed by atoms with Gasteiger partial charge in [-0.25, -0.2) is 13.1 Å². The molecule has 1 aliphatic rings. The van der Waals surface area contributed by atoms with Crippen molar-refractivity contribution in [1.82, 2.24) is 9.62 Å². The first-order valence-corrected chi connectivity index (χ1v) is 14.3. The van der Waals surface area contributed by atoms with Gasteiger partial charge in [-0.2, -0.15) is 0 Å². The third kappa shape index (κ3) is 6.34. The quantitative estimate of drug-likeness (QED) is 0.511. The number of carbonyl (C=O) groups is 2. The molecule has 0 atom stereocenters. The first-order valence-electron chi connectivity index (χ1n) is 12.4. The van der Waals surface area contributed by atoms with Gasteiger partial charge in [0.1, 0.15) is 5.75 Å². The number of nitrogens with one attached hydrogen (secondary N) is 1. The molecule has 3 aromatic carbocycles. The molecule has 0 aliphatic carbocycles. The minimum absolute atomic E-state index is 0.0237. The number of benzene rings is 3. The smallest absolute Gasteiger partial charge is 0.264 e. The fourth-order valence-corrected chi connectivity index (χ4v) is 5.08. The molecule has 0 saturated carbocycles. The first-order chi connectivity index (χ1) is 17.8. The van der Waals surface area contributed by atoms with E-state index < -0.39 is 15.9 Å². The predicted molar refractivity (Wildman–Crippen MR) is 149 cm³/mol. The van der Waals surface area contributed by atoms with E-state index in [9.17, 15) is 23.1 Å². The van der Waals surface area contributed by atoms with Crippen molar-refractivity contribution in [1.29, 1.82) is 0 Å². The highest BCUT2D eigenvalue weighted by Crippen LogP contribution is 2.32. The maximum atomic E-state index is 13.8. The van der Waals surface area contributed by atoms with Crippen LogP contribution in [0.25, 0.3) is 11.1 Å². The van der Waals surface area contributed by atoms with Crippen LogP contribution in [0.4, 0.5) is 5.69 Å². The van der Waals surface area contributed by atoms with E-state index in [0.29, 0.717) is 31.7 Å². The molecule has 3 aromatic rings. The predicted octanol–water partition coefficient (Wildman–Crippen LogP) is 4.01. The van der Waals surface area contributed by atoms with Gasteiger partial charge < -0.3 is 14.9 Å². The van der Waals surface area contributed by atoms with Crippen molar-refractivity contribution >= 4 is 27.5 Å². The van der Waals surface area contributed by atoms with Gasteiger partial charge in [0.2, 0.25) is 10.0 Å². The van der Waals surface area contributed by atoms with E-state index in [0.717, 1.165) is 28.6 Å². The summed E-state index contributed by atoms with van der Waals surface area (Å²) in [5, 5.41) is 9.92. The van der Waals surface area contributed by atoms with Crippen LogP contribution >= 0.6 is 0 Å². The number of carbonyl (C=O) groups excluding carboxylic acids is 2. The number of hydrogen-bond donors (Lipinski definition) is 2. The van der Waals surface area contributed by atoms with Crippen LogP contribution < -0.4 is 9.62 Å². The molecule has 0 aromatic heterocycles. The highest BCUT2D eigenvalue weighted by Gasteiger charge is 2.28. The first kappa shape index (κ1) is 27.2. The van der Waals surface area contributed by atoms with Gasteiger partial charge in [0, 0.05) is 43.0 Å². The molecule has 2 N–H and O–H groups in total. The summed E-state index contributed by atoms with van der Waals surface area (Å²) in [5.41, 5.74) is 4.28. The molecule has 1 fully saturated rings. The lowest BCUT2D eigenvalue weighted by Crippen LogP contribution is -2.49. The van der Waals surface area contributed by atoms with Crippen LogP contribution in [-0.4, -0.2) is 62.7 Å². The van der Waals surface area contributed by atoms with Gasteiger partial charge in [-0.15, -0.1) is 0 Å². The Morgan fingerprint density at radius 1 is 0.868 bits per heavy atom. The van der Waals surface area contributed by atoms with E-state index in [1.165, 1.54) is 0 Å². The Morgan fingerprint density at radius 3 is 2.08 bits per heavy atom. The number of phenols is 1. The second-order valence-electron chi connectivity index (χ2n) is 10.6. The Kier molecular flexibility index (Phi) is 7.51. The molecule has 0 radical (unpaired) electrons. The number of amides is 2. The van der Waals surface area contributed by atoms with E-state index >= 15 is 0 Å². The topological polar surface area (TPSA) is 107 Å². The number of rotatable bonds is 5. The SMILES string of the molecule is CC(C)(C)c1ccc(-c2cccc(O)c2)cc1C(=O)N1CCN(c2ccc(C(=O)NS(C)(=O)=O)cc2)CC1. The van der Waals surface area contributed by atoms with Crippen molar-refractivity contribution in [3.63, 3.8) is 0 Å². The lowest BCUT2D eigenvalue weighted by atomic mass is 9.82. The second kappa shape index (κ2) is 10.5. The number of hydrogen-bond acceptors (Lipinski definition) is 6. The molecule has 0 spiro atoms. The minimum Gasteiger partial charge on any atom is -0.508 e. The van der Waals surface area contributed by atoms with Crippen LogP contribution in [-0.2, 0) is 15.4 Å². The number of piperazine rings is 1. The highest BCUT2D eigenvalue weighted by atomic mass is 32.2. The maximum Gasteiger partial charge on any atom is 0.264 e. The lowest BCUT2D eigenvalue weighted by molar-refractivity contribution is 0.0744. The van der Waals surface area contributed by atoms with Gasteiger partial charge in [-0.05, 0) is 64.6 Å². The average molecular weight is 536 g/mol. The van der Waals surface area contributed by atoms with Crippen molar-refractivity contribution < 1.29 is 23.1 Å². The minimum atomic E-state index is -3.63. The van der Waals surface area contributed by atoms with E-state index in [4.69, 9.17) is 0 Å². The summed E-state index contributed by atoms with van der Waals surface area (Å²) in [4.78, 5) is 29.8. The fraction of sp³-hybridized carbons (Fsp3) is 0.310. The van der Waals surface area contributed by atoms with Crippen molar-refractivity contribution in [3.05, 3.63) is 83.4 Å². The molecule has 200 valence electrons. The van der Waals surface area contributed by atoms with Gasteiger partial charge in [-0.3, -0.25) is 9.59 Å². The fourth-order valence-electron chi connectivity index (χ4n) is 4.63. The van der Waals surface area contributed by atoms with Crippen LogP contribution in [0.5, 0.6) is 5.75 Å². The molecule has 0 bridgehead atoms. The second-order valence-corrected chi connectivity index (χ2v) is 12.3. The van der Waals surface area contributed by atoms with Gasteiger partial charge in [0.15, 0.2) is 0 Å². The molecule has 8 nitrogen and oxygen atoms in total. The van der Waals surface area contributed by atoms with E-state index in [1.807, 2.05) is 33.9 Å². The number of aromatic hydroxyl groups is 1. The van der Waals surface area contributed by atoms with Gasteiger partial charge in [0.25, 0.3) is 11.8 Å². The molecule has 2 amide bonds. The monoisotopic (exact) mass is 535 g/mol.